The molecule has 2 radical (unpaired) electrons. The third-order valence-corrected chi connectivity index (χ3v) is 4.56. The highest BCUT2D eigenvalue weighted by atomic mass is 31.2. The predicted octanol–water partition coefficient (Wildman–Crippen LogP) is 2.83. The molecule has 2 unspecified atom stereocenters. The Hall–Kier alpha value is -0.135. The van der Waals surface area contributed by atoms with Gasteiger partial charge in [-0.1, -0.05) is 20.3 Å². The Kier molecular flexibility index (Phi) is 7.94. The Balaban J connectivity index is 2.34. The summed E-state index contributed by atoms with van der Waals surface area (Å²) in [6.45, 7) is 14.3. The van der Waals surface area contributed by atoms with Gasteiger partial charge in [0.1, 0.15) is 14.5 Å². The summed E-state index contributed by atoms with van der Waals surface area (Å²) in [5.41, 5.74) is 0. The number of hydrogen-bond donors (Lipinski definition) is 0. The van der Waals surface area contributed by atoms with Crippen LogP contribution in [0.5, 0.6) is 0 Å². The van der Waals surface area contributed by atoms with Gasteiger partial charge in [0.2, 0.25) is 6.54 Å². The van der Waals surface area contributed by atoms with Crippen LogP contribution in [0.15, 0.2) is 0 Å². The molecule has 0 bridgehead atoms. The van der Waals surface area contributed by atoms with E-state index in [9.17, 15) is 0 Å². The van der Waals surface area contributed by atoms with E-state index >= 15 is 0 Å². The highest BCUT2D eigenvalue weighted by molar-refractivity contribution is 7.46. The van der Waals surface area contributed by atoms with Crippen LogP contribution in [-0.4, -0.2) is 46.4 Å². The molecule has 106 valence electrons. The van der Waals surface area contributed by atoms with Crippen LogP contribution in [0.4, 0.5) is 0 Å². The van der Waals surface area contributed by atoms with Gasteiger partial charge in [-0.05, 0) is 12.3 Å². The van der Waals surface area contributed by atoms with Crippen molar-refractivity contribution >= 4 is 16.2 Å². The second-order valence-electron chi connectivity index (χ2n) is 4.90. The van der Waals surface area contributed by atoms with Crippen LogP contribution in [0.2, 0.25) is 0 Å². The van der Waals surface area contributed by atoms with Gasteiger partial charge in [-0.25, -0.2) is 6.57 Å². The summed E-state index contributed by atoms with van der Waals surface area (Å²) in [5.74, 6) is 0.646. The third-order valence-electron chi connectivity index (χ3n) is 3.50. The standard InChI is InChI=1S/C13H23BNO3P/c1-5-6-12-11(10(2)13(14)18-12)9-17-19(4)16-8-7-15-3/h10-13H,5-9H2,1-2,4H3/t10?,11-,12-,13-,19?/m1/s1. The number of ether oxygens (including phenoxy) is 1. The Morgan fingerprint density at radius 1 is 1.42 bits per heavy atom. The van der Waals surface area contributed by atoms with Crippen LogP contribution < -0.4 is 0 Å². The van der Waals surface area contributed by atoms with Crippen LogP contribution in [0.1, 0.15) is 26.7 Å². The lowest BCUT2D eigenvalue weighted by Gasteiger charge is -2.22. The Morgan fingerprint density at radius 2 is 2.16 bits per heavy atom. The highest BCUT2D eigenvalue weighted by Crippen LogP contribution is 2.39. The van der Waals surface area contributed by atoms with E-state index in [0.29, 0.717) is 31.6 Å². The van der Waals surface area contributed by atoms with Crippen molar-refractivity contribution in [1.82, 2.24) is 0 Å². The van der Waals surface area contributed by atoms with Gasteiger partial charge in [0.25, 0.3) is 0 Å². The molecule has 0 amide bonds. The predicted molar refractivity (Wildman–Crippen MR) is 78.2 cm³/mol. The topological polar surface area (TPSA) is 32.1 Å². The Labute approximate surface area is 119 Å². The molecule has 6 heteroatoms. The number of nitrogens with zero attached hydrogens (tertiary/aromatic N) is 1. The fraction of sp³-hybridized carbons (Fsp3) is 0.923. The van der Waals surface area contributed by atoms with E-state index in [4.69, 9.17) is 28.2 Å². The molecule has 1 rings (SSSR count). The molecule has 19 heavy (non-hydrogen) atoms. The SMILES string of the molecule is [B][C@@H]1O[C@H](CCC)[C@H](COP(C)OCC[N+]#[C-])C1C. The molecule has 0 aromatic heterocycles. The first-order valence-electron chi connectivity index (χ1n) is 6.84. The first-order chi connectivity index (χ1) is 9.10. The summed E-state index contributed by atoms with van der Waals surface area (Å²) in [4.78, 5) is 3.25. The summed E-state index contributed by atoms with van der Waals surface area (Å²) in [6, 6.07) is -0.184. The molecule has 0 aromatic carbocycles. The number of rotatable bonds is 8. The van der Waals surface area contributed by atoms with Crippen molar-refractivity contribution in [2.75, 3.05) is 26.4 Å². The van der Waals surface area contributed by atoms with Crippen molar-refractivity contribution in [2.45, 2.75) is 38.8 Å². The summed E-state index contributed by atoms with van der Waals surface area (Å²) in [6.07, 6.45) is 2.30. The van der Waals surface area contributed by atoms with E-state index in [1.807, 2.05) is 6.66 Å². The van der Waals surface area contributed by atoms with Crippen LogP contribution in [-0.2, 0) is 13.8 Å². The zero-order valence-corrected chi connectivity index (χ0v) is 12.9. The van der Waals surface area contributed by atoms with Gasteiger partial charge in [0, 0.05) is 18.6 Å². The van der Waals surface area contributed by atoms with Gasteiger partial charge < -0.3 is 18.6 Å². The lowest BCUT2D eigenvalue weighted by atomic mass is 9.81. The minimum atomic E-state index is -0.910. The zero-order chi connectivity index (χ0) is 14.3. The van der Waals surface area contributed by atoms with Crippen molar-refractivity contribution in [3.05, 3.63) is 11.4 Å². The van der Waals surface area contributed by atoms with Crippen molar-refractivity contribution < 1.29 is 13.8 Å². The minimum Gasteiger partial charge on any atom is -0.384 e. The highest BCUT2D eigenvalue weighted by Gasteiger charge is 2.38. The average molecular weight is 283 g/mol. The molecule has 4 nitrogen and oxygen atoms in total. The lowest BCUT2D eigenvalue weighted by molar-refractivity contribution is 0.0536. The van der Waals surface area contributed by atoms with Crippen molar-refractivity contribution in [2.24, 2.45) is 11.8 Å². The van der Waals surface area contributed by atoms with Crippen LogP contribution in [0.25, 0.3) is 4.85 Å². The molecule has 1 heterocycles. The van der Waals surface area contributed by atoms with Gasteiger partial charge in [-0.3, -0.25) is 0 Å². The first kappa shape index (κ1) is 16.9. The summed E-state index contributed by atoms with van der Waals surface area (Å²) < 4.78 is 17.0. The van der Waals surface area contributed by atoms with Crippen LogP contribution in [0, 0.1) is 18.4 Å². The normalized spacial score (nSPS) is 32.1. The summed E-state index contributed by atoms with van der Waals surface area (Å²) >= 11 is 0. The average Bonchev–Trinajstić information content (AvgIpc) is 2.64. The summed E-state index contributed by atoms with van der Waals surface area (Å²) in [7, 11) is 5.05. The monoisotopic (exact) mass is 283 g/mol. The van der Waals surface area contributed by atoms with Crippen molar-refractivity contribution in [3.8, 4) is 0 Å². The fourth-order valence-corrected chi connectivity index (χ4v) is 3.07. The maximum absolute atomic E-state index is 6.69. The van der Waals surface area contributed by atoms with Crippen molar-refractivity contribution in [1.29, 1.82) is 0 Å². The van der Waals surface area contributed by atoms with Gasteiger partial charge >= 0.3 is 0 Å². The van der Waals surface area contributed by atoms with Gasteiger partial charge in [0.05, 0.1) is 12.7 Å². The lowest BCUT2D eigenvalue weighted by Crippen LogP contribution is -2.24. The first-order valence-corrected chi connectivity index (χ1v) is 8.46. The molecule has 1 aliphatic rings. The summed E-state index contributed by atoms with van der Waals surface area (Å²) in [5, 5.41) is 0. The molecule has 0 aliphatic carbocycles. The molecule has 5 atom stereocenters. The van der Waals surface area contributed by atoms with E-state index in [2.05, 4.69) is 18.7 Å². The molecule has 1 aliphatic heterocycles. The van der Waals surface area contributed by atoms with E-state index < -0.39 is 8.38 Å². The van der Waals surface area contributed by atoms with E-state index in [1.165, 1.54) is 0 Å². The Morgan fingerprint density at radius 3 is 2.79 bits per heavy atom. The van der Waals surface area contributed by atoms with E-state index in [1.54, 1.807) is 0 Å². The second-order valence-corrected chi connectivity index (χ2v) is 6.30. The van der Waals surface area contributed by atoms with E-state index in [-0.39, 0.29) is 12.1 Å². The molecule has 0 saturated carbocycles. The molecule has 0 N–H and O–H groups in total. The third kappa shape index (κ3) is 5.40. The molecule has 0 aromatic rings. The quantitative estimate of drug-likeness (QED) is 0.297. The minimum absolute atomic E-state index is 0.184. The molecular formula is C13H23BNO3P. The number of hydrogen-bond acceptors (Lipinski definition) is 3. The van der Waals surface area contributed by atoms with Crippen molar-refractivity contribution in [3.63, 3.8) is 0 Å². The van der Waals surface area contributed by atoms with Gasteiger partial charge in [-0.15, -0.1) is 0 Å². The van der Waals surface area contributed by atoms with Gasteiger partial charge in [0.15, 0.2) is 8.38 Å². The largest absolute Gasteiger partial charge is 0.384 e. The molecule has 1 fully saturated rings. The molecular weight excluding hydrogens is 260 g/mol. The molecule has 1 saturated heterocycles. The molecule has 0 spiro atoms. The Bertz CT molecular complexity index is 300. The van der Waals surface area contributed by atoms with E-state index in [0.717, 1.165) is 12.8 Å². The smallest absolute Gasteiger partial charge is 0.238 e. The maximum Gasteiger partial charge on any atom is 0.238 e. The van der Waals surface area contributed by atoms with Crippen LogP contribution in [0.3, 0.4) is 0 Å². The zero-order valence-electron chi connectivity index (χ0n) is 12.0. The second kappa shape index (κ2) is 8.92. The maximum atomic E-state index is 6.69. The fourth-order valence-electron chi connectivity index (χ4n) is 2.28. The van der Waals surface area contributed by atoms with Gasteiger partial charge in [-0.2, -0.15) is 0 Å². The van der Waals surface area contributed by atoms with Crippen LogP contribution >= 0.6 is 8.38 Å².